The number of anilines is 1. The van der Waals surface area contributed by atoms with Gasteiger partial charge in [-0.2, -0.15) is 13.2 Å². The number of benzene rings is 1. The molecule has 0 saturated carbocycles. The molecule has 0 bridgehead atoms. The third-order valence-electron chi connectivity index (χ3n) is 4.18. The van der Waals surface area contributed by atoms with E-state index < -0.39 is 17.8 Å². The summed E-state index contributed by atoms with van der Waals surface area (Å²) in [5.41, 5.74) is 4.64. The number of carbonyl (C=O) groups excluding carboxylic acids is 1. The molecule has 0 atom stereocenters. The van der Waals surface area contributed by atoms with Gasteiger partial charge in [0.15, 0.2) is 0 Å². The monoisotopic (exact) mass is 338 g/mol. The molecule has 1 aromatic carbocycles. The molecule has 3 rings (SSSR count). The van der Waals surface area contributed by atoms with Crippen molar-refractivity contribution in [2.24, 2.45) is 5.73 Å². The molecule has 2 amide bonds. The van der Waals surface area contributed by atoms with Gasteiger partial charge in [0.2, 0.25) is 0 Å². The van der Waals surface area contributed by atoms with Crippen LogP contribution in [0.2, 0.25) is 0 Å². The Morgan fingerprint density at radius 1 is 1.12 bits per heavy atom. The molecule has 0 aliphatic carbocycles. The highest BCUT2D eigenvalue weighted by atomic mass is 19.4. The van der Waals surface area contributed by atoms with Gasteiger partial charge in [0.05, 0.1) is 5.56 Å². The number of carbonyl (C=O) groups is 1. The van der Waals surface area contributed by atoms with E-state index in [0.717, 1.165) is 18.6 Å². The number of aromatic nitrogens is 1. The van der Waals surface area contributed by atoms with E-state index in [9.17, 15) is 18.0 Å². The summed E-state index contributed by atoms with van der Waals surface area (Å²) in [5, 5.41) is 1.16. The summed E-state index contributed by atoms with van der Waals surface area (Å²) < 4.78 is 38.6. The SMILES string of the molecule is NC(=O)N1CCCN(c2nccc3cc(C(F)(F)F)ccc23)CC1. The lowest BCUT2D eigenvalue weighted by Crippen LogP contribution is -2.38. The first kappa shape index (κ1) is 16.4. The van der Waals surface area contributed by atoms with E-state index in [2.05, 4.69) is 4.98 Å². The van der Waals surface area contributed by atoms with Gasteiger partial charge < -0.3 is 15.5 Å². The Labute approximate surface area is 136 Å². The molecule has 1 saturated heterocycles. The molecule has 1 aliphatic rings. The molecule has 2 aromatic rings. The molecule has 0 spiro atoms. The summed E-state index contributed by atoms with van der Waals surface area (Å²) in [6.07, 6.45) is -2.14. The summed E-state index contributed by atoms with van der Waals surface area (Å²) in [6, 6.07) is 4.77. The maximum absolute atomic E-state index is 12.9. The van der Waals surface area contributed by atoms with Gasteiger partial charge in [-0.15, -0.1) is 0 Å². The molecule has 1 fully saturated rings. The average molecular weight is 338 g/mol. The second kappa shape index (κ2) is 6.18. The van der Waals surface area contributed by atoms with Gasteiger partial charge in [-0.25, -0.2) is 9.78 Å². The lowest BCUT2D eigenvalue weighted by atomic mass is 10.1. The zero-order valence-electron chi connectivity index (χ0n) is 12.9. The number of halogens is 3. The van der Waals surface area contributed by atoms with E-state index in [4.69, 9.17) is 5.73 Å². The van der Waals surface area contributed by atoms with Crippen molar-refractivity contribution >= 4 is 22.6 Å². The number of nitrogens with two attached hydrogens (primary N) is 1. The highest BCUT2D eigenvalue weighted by Gasteiger charge is 2.30. The summed E-state index contributed by atoms with van der Waals surface area (Å²) >= 11 is 0. The molecule has 5 nitrogen and oxygen atoms in total. The Kier molecular flexibility index (Phi) is 4.21. The Hall–Kier alpha value is -2.51. The van der Waals surface area contributed by atoms with Crippen LogP contribution in [-0.4, -0.2) is 42.1 Å². The van der Waals surface area contributed by atoms with Crippen molar-refractivity contribution in [2.75, 3.05) is 31.1 Å². The molecule has 128 valence electrons. The van der Waals surface area contributed by atoms with Crippen LogP contribution in [0.1, 0.15) is 12.0 Å². The van der Waals surface area contributed by atoms with Crippen LogP contribution in [0.5, 0.6) is 0 Å². The van der Waals surface area contributed by atoms with Gasteiger partial charge in [-0.05, 0) is 30.0 Å². The number of primary amides is 1. The predicted octanol–water partition coefficient (Wildman–Crippen LogP) is 2.84. The van der Waals surface area contributed by atoms with Crippen molar-refractivity contribution in [3.63, 3.8) is 0 Å². The van der Waals surface area contributed by atoms with E-state index in [-0.39, 0.29) is 0 Å². The van der Waals surface area contributed by atoms with Gasteiger partial charge in [0, 0.05) is 37.8 Å². The molecule has 2 heterocycles. The molecule has 1 aliphatic heterocycles. The second-order valence-corrected chi connectivity index (χ2v) is 5.73. The minimum Gasteiger partial charge on any atom is -0.354 e. The van der Waals surface area contributed by atoms with Crippen LogP contribution in [0.15, 0.2) is 30.5 Å². The molecule has 0 radical (unpaired) electrons. The lowest BCUT2D eigenvalue weighted by Gasteiger charge is -2.23. The first-order chi connectivity index (χ1) is 11.4. The number of rotatable bonds is 1. The number of pyridine rings is 1. The Balaban J connectivity index is 1.93. The zero-order chi connectivity index (χ0) is 17.3. The van der Waals surface area contributed by atoms with Crippen molar-refractivity contribution < 1.29 is 18.0 Å². The minimum absolute atomic E-state index is 0.461. The quantitative estimate of drug-likeness (QED) is 0.870. The van der Waals surface area contributed by atoms with Gasteiger partial charge in [-0.1, -0.05) is 6.07 Å². The van der Waals surface area contributed by atoms with Crippen molar-refractivity contribution in [1.29, 1.82) is 0 Å². The van der Waals surface area contributed by atoms with Crippen molar-refractivity contribution in [1.82, 2.24) is 9.88 Å². The Morgan fingerprint density at radius 3 is 2.62 bits per heavy atom. The van der Waals surface area contributed by atoms with Crippen molar-refractivity contribution in [3.8, 4) is 0 Å². The molecular formula is C16H17F3N4O. The first-order valence-corrected chi connectivity index (χ1v) is 7.61. The van der Waals surface area contributed by atoms with E-state index in [0.29, 0.717) is 42.8 Å². The third kappa shape index (κ3) is 3.22. The van der Waals surface area contributed by atoms with Gasteiger partial charge in [0.1, 0.15) is 5.82 Å². The fraction of sp³-hybridized carbons (Fsp3) is 0.375. The maximum Gasteiger partial charge on any atom is 0.416 e. The average Bonchev–Trinajstić information content (AvgIpc) is 2.79. The molecule has 1 aromatic heterocycles. The Morgan fingerprint density at radius 2 is 1.92 bits per heavy atom. The van der Waals surface area contributed by atoms with E-state index in [1.807, 2.05) is 4.90 Å². The number of amides is 2. The molecule has 2 N–H and O–H groups in total. The van der Waals surface area contributed by atoms with Gasteiger partial charge >= 0.3 is 12.2 Å². The van der Waals surface area contributed by atoms with Crippen LogP contribution in [0.4, 0.5) is 23.8 Å². The predicted molar refractivity (Wildman–Crippen MR) is 84.7 cm³/mol. The van der Waals surface area contributed by atoms with E-state index in [1.165, 1.54) is 12.3 Å². The summed E-state index contributed by atoms with van der Waals surface area (Å²) in [7, 11) is 0. The summed E-state index contributed by atoms with van der Waals surface area (Å²) in [6.45, 7) is 2.23. The number of urea groups is 1. The second-order valence-electron chi connectivity index (χ2n) is 5.73. The van der Waals surface area contributed by atoms with Crippen LogP contribution >= 0.6 is 0 Å². The Bertz CT molecular complexity index is 763. The standard InChI is InChI=1S/C16H17F3N4O/c17-16(18,19)12-2-3-13-11(10-12)4-5-21-14(13)22-6-1-7-23(9-8-22)15(20)24/h2-5,10H,1,6-9H2,(H2,20,24). The minimum atomic E-state index is -4.37. The molecule has 0 unspecified atom stereocenters. The third-order valence-corrected chi connectivity index (χ3v) is 4.18. The molecular weight excluding hydrogens is 321 g/mol. The fourth-order valence-electron chi connectivity index (χ4n) is 2.94. The van der Waals surface area contributed by atoms with E-state index in [1.54, 1.807) is 11.0 Å². The maximum atomic E-state index is 12.9. The normalized spacial score (nSPS) is 16.3. The lowest BCUT2D eigenvalue weighted by molar-refractivity contribution is -0.137. The smallest absolute Gasteiger partial charge is 0.354 e. The van der Waals surface area contributed by atoms with E-state index >= 15 is 0 Å². The van der Waals surface area contributed by atoms with Crippen LogP contribution < -0.4 is 10.6 Å². The van der Waals surface area contributed by atoms with Gasteiger partial charge in [0.25, 0.3) is 0 Å². The highest BCUT2D eigenvalue weighted by Crippen LogP contribution is 2.33. The van der Waals surface area contributed by atoms with Crippen molar-refractivity contribution in [3.05, 3.63) is 36.0 Å². The first-order valence-electron chi connectivity index (χ1n) is 7.61. The van der Waals surface area contributed by atoms with Crippen molar-refractivity contribution in [2.45, 2.75) is 12.6 Å². The van der Waals surface area contributed by atoms with Crippen LogP contribution in [0.3, 0.4) is 0 Å². The summed E-state index contributed by atoms with van der Waals surface area (Å²) in [5.74, 6) is 0.632. The summed E-state index contributed by atoms with van der Waals surface area (Å²) in [4.78, 5) is 19.2. The fourth-order valence-corrected chi connectivity index (χ4v) is 2.94. The number of hydrogen-bond donors (Lipinski definition) is 1. The number of alkyl halides is 3. The largest absolute Gasteiger partial charge is 0.416 e. The highest BCUT2D eigenvalue weighted by molar-refractivity contribution is 5.92. The number of nitrogens with zero attached hydrogens (tertiary/aromatic N) is 3. The van der Waals surface area contributed by atoms with Gasteiger partial charge in [-0.3, -0.25) is 0 Å². The zero-order valence-corrected chi connectivity index (χ0v) is 12.9. The number of fused-ring (bicyclic) bond motifs is 1. The van der Waals surface area contributed by atoms with Crippen LogP contribution in [0, 0.1) is 0 Å². The van der Waals surface area contributed by atoms with Crippen LogP contribution in [0.25, 0.3) is 10.8 Å². The van der Waals surface area contributed by atoms with Crippen LogP contribution in [-0.2, 0) is 6.18 Å². The topological polar surface area (TPSA) is 62.5 Å². The number of hydrogen-bond acceptors (Lipinski definition) is 3. The molecule has 8 heteroatoms. The molecule has 24 heavy (non-hydrogen) atoms.